The van der Waals surface area contributed by atoms with Crippen molar-refractivity contribution in [2.45, 2.75) is 424 Å². The standard InChI is InChI=1S/C74H143NO5/c1-3-5-7-9-11-13-15-16-17-18-39-42-45-48-52-56-60-64-68-74(79)80-69-65-61-57-53-49-46-43-40-37-35-33-31-29-27-25-23-21-19-20-22-24-26-28-30-32-34-36-38-41-44-47-51-55-59-63-67-73(78)75-71(70-76)72(77)66-62-58-54-50-14-12-10-8-6-4-2/h17-18,62,66,71-72,76-77H,3-16,19-61,63-65,67-70H2,1-2H3,(H,75,78)/b18-17-,66-62+. The second-order valence-corrected chi connectivity index (χ2v) is 25.3. The Bertz CT molecular complexity index is 1250. The Morgan fingerprint density at radius 2 is 0.588 bits per heavy atom. The zero-order chi connectivity index (χ0) is 57.8. The van der Waals surface area contributed by atoms with Crippen LogP contribution in [0.4, 0.5) is 0 Å². The van der Waals surface area contributed by atoms with Crippen LogP contribution < -0.4 is 5.32 Å². The van der Waals surface area contributed by atoms with E-state index in [9.17, 15) is 19.8 Å². The third kappa shape index (κ3) is 65.5. The summed E-state index contributed by atoms with van der Waals surface area (Å²) >= 11 is 0. The number of esters is 1. The van der Waals surface area contributed by atoms with E-state index >= 15 is 0 Å². The molecule has 0 saturated heterocycles. The molecule has 0 saturated carbocycles. The molecule has 0 aliphatic rings. The smallest absolute Gasteiger partial charge is 0.305 e. The van der Waals surface area contributed by atoms with Crippen LogP contribution in [-0.2, 0) is 14.3 Å². The molecule has 0 heterocycles. The van der Waals surface area contributed by atoms with Gasteiger partial charge >= 0.3 is 5.97 Å². The minimum atomic E-state index is -0.838. The molecule has 6 heteroatoms. The first kappa shape index (κ1) is 78.3. The Morgan fingerprint density at radius 3 is 0.887 bits per heavy atom. The van der Waals surface area contributed by atoms with Gasteiger partial charge in [-0.25, -0.2) is 0 Å². The normalized spacial score (nSPS) is 12.6. The number of amides is 1. The number of carbonyl (C=O) groups excluding carboxylic acids is 2. The molecule has 474 valence electrons. The van der Waals surface area contributed by atoms with E-state index in [-0.39, 0.29) is 18.5 Å². The van der Waals surface area contributed by atoms with Gasteiger partial charge < -0.3 is 20.3 Å². The summed E-state index contributed by atoms with van der Waals surface area (Å²) in [6.45, 7) is 4.92. The van der Waals surface area contributed by atoms with Gasteiger partial charge in [0, 0.05) is 12.8 Å². The first-order valence-electron chi connectivity index (χ1n) is 36.6. The Morgan fingerprint density at radius 1 is 0.338 bits per heavy atom. The SMILES string of the molecule is CCCCCCCCC/C=C\CCCCCCCCCC(=O)OCCCCCCCCCCCCCCCCCCCCCCCCCCCCCCCCCCCCCC(=O)NC(CO)C(O)/C=C/CCCCCCCCCC. The van der Waals surface area contributed by atoms with E-state index < -0.39 is 12.1 Å². The Hall–Kier alpha value is -1.66. The van der Waals surface area contributed by atoms with Crippen molar-refractivity contribution in [3.63, 3.8) is 0 Å². The maximum atomic E-state index is 12.4. The van der Waals surface area contributed by atoms with Crippen molar-refractivity contribution in [2.75, 3.05) is 13.2 Å². The quantitative estimate of drug-likeness (QED) is 0.0320. The molecule has 0 radical (unpaired) electrons. The van der Waals surface area contributed by atoms with Gasteiger partial charge in [0.05, 0.1) is 25.4 Å². The van der Waals surface area contributed by atoms with E-state index in [2.05, 4.69) is 31.3 Å². The average molecular weight is 1130 g/mol. The topological polar surface area (TPSA) is 95.9 Å². The predicted molar refractivity (Wildman–Crippen MR) is 352 cm³/mol. The fraction of sp³-hybridized carbons (Fsp3) is 0.919. The molecular formula is C74H143NO5. The summed E-state index contributed by atoms with van der Waals surface area (Å²) < 4.78 is 5.51. The first-order chi connectivity index (χ1) is 39.5. The zero-order valence-corrected chi connectivity index (χ0v) is 54.3. The fourth-order valence-electron chi connectivity index (χ4n) is 11.6. The predicted octanol–water partition coefficient (Wildman–Crippen LogP) is 23.7. The lowest BCUT2D eigenvalue weighted by atomic mass is 10.0. The molecule has 1 amide bonds. The van der Waals surface area contributed by atoms with Crippen LogP contribution in [0.2, 0.25) is 0 Å². The Labute approximate surface area is 501 Å². The molecule has 0 aromatic heterocycles. The average Bonchev–Trinajstić information content (AvgIpc) is 3.46. The zero-order valence-electron chi connectivity index (χ0n) is 54.3. The summed E-state index contributed by atoms with van der Waals surface area (Å²) in [4.78, 5) is 24.5. The van der Waals surface area contributed by atoms with E-state index in [1.807, 2.05) is 6.08 Å². The van der Waals surface area contributed by atoms with Crippen LogP contribution in [0.3, 0.4) is 0 Å². The molecule has 2 unspecified atom stereocenters. The maximum absolute atomic E-state index is 12.4. The summed E-state index contributed by atoms with van der Waals surface area (Å²) in [5, 5.41) is 23.0. The molecule has 0 fully saturated rings. The second kappa shape index (κ2) is 69.8. The van der Waals surface area contributed by atoms with Crippen molar-refractivity contribution in [1.82, 2.24) is 5.32 Å². The summed E-state index contributed by atoms with van der Waals surface area (Å²) in [7, 11) is 0. The largest absolute Gasteiger partial charge is 0.466 e. The van der Waals surface area contributed by atoms with Crippen molar-refractivity contribution in [3.8, 4) is 0 Å². The van der Waals surface area contributed by atoms with Gasteiger partial charge in [-0.1, -0.05) is 366 Å². The molecule has 2 atom stereocenters. The van der Waals surface area contributed by atoms with Crippen LogP contribution in [0.15, 0.2) is 24.3 Å². The van der Waals surface area contributed by atoms with E-state index in [0.29, 0.717) is 19.4 Å². The number of carbonyl (C=O) groups is 2. The number of unbranched alkanes of at least 4 members (excludes halogenated alkanes) is 56. The molecule has 0 spiro atoms. The Kier molecular flexibility index (Phi) is 68.4. The third-order valence-electron chi connectivity index (χ3n) is 17.2. The number of allylic oxidation sites excluding steroid dienone is 3. The lowest BCUT2D eigenvalue weighted by Crippen LogP contribution is -2.45. The summed E-state index contributed by atoms with van der Waals surface area (Å²) in [5.41, 5.74) is 0. The van der Waals surface area contributed by atoms with Gasteiger partial charge in [0.15, 0.2) is 0 Å². The number of nitrogens with one attached hydrogen (secondary N) is 1. The highest BCUT2D eigenvalue weighted by Gasteiger charge is 2.18. The second-order valence-electron chi connectivity index (χ2n) is 25.3. The highest BCUT2D eigenvalue weighted by molar-refractivity contribution is 5.76. The molecular weight excluding hydrogens is 983 g/mol. The molecule has 0 bridgehead atoms. The van der Waals surface area contributed by atoms with Crippen molar-refractivity contribution < 1.29 is 24.5 Å². The first-order valence-corrected chi connectivity index (χ1v) is 36.6. The van der Waals surface area contributed by atoms with E-state index in [1.165, 1.54) is 347 Å². The van der Waals surface area contributed by atoms with Crippen molar-refractivity contribution in [1.29, 1.82) is 0 Å². The van der Waals surface area contributed by atoms with Crippen LogP contribution in [0.25, 0.3) is 0 Å². The number of ether oxygens (including phenoxy) is 1. The lowest BCUT2D eigenvalue weighted by Gasteiger charge is -2.20. The van der Waals surface area contributed by atoms with E-state index in [1.54, 1.807) is 6.08 Å². The molecule has 0 aromatic carbocycles. The molecule has 0 aliphatic heterocycles. The summed E-state index contributed by atoms with van der Waals surface area (Å²) in [5.74, 6) is -0.0427. The number of hydrogen-bond acceptors (Lipinski definition) is 5. The lowest BCUT2D eigenvalue weighted by molar-refractivity contribution is -0.143. The minimum absolute atomic E-state index is 0.0201. The summed E-state index contributed by atoms with van der Waals surface area (Å²) in [6.07, 6.45) is 88.7. The van der Waals surface area contributed by atoms with Gasteiger partial charge in [-0.3, -0.25) is 9.59 Å². The van der Waals surface area contributed by atoms with E-state index in [4.69, 9.17) is 4.74 Å². The number of aliphatic hydroxyl groups is 2. The van der Waals surface area contributed by atoms with Crippen molar-refractivity contribution in [2.24, 2.45) is 0 Å². The van der Waals surface area contributed by atoms with Crippen LogP contribution >= 0.6 is 0 Å². The number of hydrogen-bond donors (Lipinski definition) is 3. The summed E-state index contributed by atoms with van der Waals surface area (Å²) in [6, 6.07) is -0.621. The van der Waals surface area contributed by atoms with Gasteiger partial charge in [-0.2, -0.15) is 0 Å². The van der Waals surface area contributed by atoms with Gasteiger partial charge in [0.1, 0.15) is 0 Å². The van der Waals surface area contributed by atoms with Crippen molar-refractivity contribution in [3.05, 3.63) is 24.3 Å². The third-order valence-corrected chi connectivity index (χ3v) is 17.2. The highest BCUT2D eigenvalue weighted by Crippen LogP contribution is 2.19. The van der Waals surface area contributed by atoms with Crippen LogP contribution in [-0.4, -0.2) is 47.4 Å². The molecule has 0 rings (SSSR count). The molecule has 6 nitrogen and oxygen atoms in total. The molecule has 3 N–H and O–H groups in total. The number of rotatable bonds is 69. The molecule has 80 heavy (non-hydrogen) atoms. The molecule has 0 aliphatic carbocycles. The number of aliphatic hydroxyl groups excluding tert-OH is 2. The fourth-order valence-corrected chi connectivity index (χ4v) is 11.6. The maximum Gasteiger partial charge on any atom is 0.305 e. The van der Waals surface area contributed by atoms with Gasteiger partial charge in [-0.05, 0) is 57.8 Å². The van der Waals surface area contributed by atoms with Crippen molar-refractivity contribution >= 4 is 11.9 Å². The van der Waals surface area contributed by atoms with Gasteiger partial charge in [-0.15, -0.1) is 0 Å². The Balaban J connectivity index is 3.28. The van der Waals surface area contributed by atoms with Crippen LogP contribution in [0, 0.1) is 0 Å². The van der Waals surface area contributed by atoms with Crippen LogP contribution in [0.5, 0.6) is 0 Å². The monoisotopic (exact) mass is 1130 g/mol. The van der Waals surface area contributed by atoms with E-state index in [0.717, 1.165) is 38.5 Å². The van der Waals surface area contributed by atoms with Crippen LogP contribution in [0.1, 0.15) is 412 Å². The van der Waals surface area contributed by atoms with Gasteiger partial charge in [0.2, 0.25) is 5.91 Å². The minimum Gasteiger partial charge on any atom is -0.466 e. The van der Waals surface area contributed by atoms with Gasteiger partial charge in [0.25, 0.3) is 0 Å². The highest BCUT2D eigenvalue weighted by atomic mass is 16.5. The molecule has 0 aromatic rings.